The average molecular weight is 406 g/mol. The minimum absolute atomic E-state index is 0.0106. The van der Waals surface area contributed by atoms with E-state index in [0.29, 0.717) is 30.4 Å². The Morgan fingerprint density at radius 2 is 2.18 bits per heavy atom. The van der Waals surface area contributed by atoms with Gasteiger partial charge in [-0.3, -0.25) is 9.36 Å². The van der Waals surface area contributed by atoms with Gasteiger partial charge in [0.05, 0.1) is 31.1 Å². The maximum absolute atomic E-state index is 12.1. The summed E-state index contributed by atoms with van der Waals surface area (Å²) in [5.41, 5.74) is 1.01. The van der Waals surface area contributed by atoms with Crippen LogP contribution in [0.3, 0.4) is 0 Å². The molecule has 2 aromatic rings. The third-order valence-corrected chi connectivity index (χ3v) is 5.31. The summed E-state index contributed by atoms with van der Waals surface area (Å²) in [7, 11) is 1.33. The fraction of sp³-hybridized carbons (Fsp3) is 0.444. The molecule has 1 fully saturated rings. The fourth-order valence-corrected chi connectivity index (χ4v) is 3.61. The van der Waals surface area contributed by atoms with Crippen LogP contribution in [0.15, 0.2) is 34.2 Å². The maximum atomic E-state index is 12.1. The number of benzene rings is 1. The monoisotopic (exact) mass is 406 g/mol. The summed E-state index contributed by atoms with van der Waals surface area (Å²) in [4.78, 5) is 35.5. The topological polar surface area (TPSA) is 115 Å². The lowest BCUT2D eigenvalue weighted by atomic mass is 10.1. The first kappa shape index (κ1) is 20.2. The molecule has 0 saturated carbocycles. The highest BCUT2D eigenvalue weighted by molar-refractivity contribution is 7.99. The van der Waals surface area contributed by atoms with Gasteiger partial charge in [-0.2, -0.15) is 0 Å². The SMILES string of the molecule is COC(=O)c1ccc(CNC(=O)CSc2n[nH]c(=O)n2C[C@@H]2CCCO2)cc1. The van der Waals surface area contributed by atoms with Crippen LogP contribution in [0.25, 0.3) is 0 Å². The van der Waals surface area contributed by atoms with Crippen molar-refractivity contribution in [3.8, 4) is 0 Å². The second kappa shape index (κ2) is 9.56. The summed E-state index contributed by atoms with van der Waals surface area (Å²) in [5.74, 6) is -0.447. The van der Waals surface area contributed by atoms with Crippen LogP contribution in [-0.2, 0) is 27.4 Å². The molecule has 150 valence electrons. The van der Waals surface area contributed by atoms with E-state index in [-0.39, 0.29) is 23.5 Å². The van der Waals surface area contributed by atoms with Gasteiger partial charge in [0.25, 0.3) is 0 Å². The van der Waals surface area contributed by atoms with Crippen molar-refractivity contribution < 1.29 is 19.1 Å². The lowest BCUT2D eigenvalue weighted by molar-refractivity contribution is -0.118. The molecule has 1 aromatic carbocycles. The molecule has 0 aliphatic carbocycles. The molecule has 1 atom stereocenters. The number of hydrogen-bond donors (Lipinski definition) is 2. The zero-order valence-corrected chi connectivity index (χ0v) is 16.3. The molecule has 0 radical (unpaired) electrons. The molecule has 1 aliphatic heterocycles. The van der Waals surface area contributed by atoms with Crippen LogP contribution in [0.5, 0.6) is 0 Å². The van der Waals surface area contributed by atoms with Crippen LogP contribution in [0.2, 0.25) is 0 Å². The molecular weight excluding hydrogens is 384 g/mol. The molecule has 2 heterocycles. The molecule has 1 amide bonds. The van der Waals surface area contributed by atoms with Crippen LogP contribution in [0.4, 0.5) is 0 Å². The number of hydrogen-bond acceptors (Lipinski definition) is 7. The smallest absolute Gasteiger partial charge is 0.344 e. The van der Waals surface area contributed by atoms with Gasteiger partial charge >= 0.3 is 11.7 Å². The van der Waals surface area contributed by atoms with Gasteiger partial charge in [0, 0.05) is 13.2 Å². The van der Waals surface area contributed by atoms with Gasteiger partial charge in [0.1, 0.15) is 0 Å². The van der Waals surface area contributed by atoms with E-state index in [2.05, 4.69) is 20.3 Å². The van der Waals surface area contributed by atoms with Gasteiger partial charge in [-0.15, -0.1) is 5.10 Å². The van der Waals surface area contributed by atoms with Crippen molar-refractivity contribution in [2.24, 2.45) is 0 Å². The van der Waals surface area contributed by atoms with Crippen molar-refractivity contribution in [2.45, 2.75) is 37.2 Å². The molecule has 1 aliphatic rings. The number of aromatic amines is 1. The Balaban J connectivity index is 1.48. The number of thioether (sulfide) groups is 1. The summed E-state index contributed by atoms with van der Waals surface area (Å²) in [6, 6.07) is 6.81. The van der Waals surface area contributed by atoms with Crippen molar-refractivity contribution in [2.75, 3.05) is 19.5 Å². The van der Waals surface area contributed by atoms with E-state index >= 15 is 0 Å². The molecule has 10 heteroatoms. The van der Waals surface area contributed by atoms with Crippen molar-refractivity contribution in [1.29, 1.82) is 0 Å². The number of nitrogens with one attached hydrogen (secondary N) is 2. The number of ether oxygens (including phenoxy) is 2. The molecule has 2 N–H and O–H groups in total. The molecule has 0 spiro atoms. The first-order valence-electron chi connectivity index (χ1n) is 8.90. The third kappa shape index (κ3) is 5.23. The standard InChI is InChI=1S/C18H22N4O5S/c1-26-16(24)13-6-4-12(5-7-13)9-19-15(23)11-28-18-21-20-17(25)22(18)10-14-3-2-8-27-14/h4-7,14H,2-3,8-11H2,1H3,(H,19,23)(H,20,25)/t14-/m0/s1. The summed E-state index contributed by atoms with van der Waals surface area (Å²) < 4.78 is 11.7. The minimum atomic E-state index is -0.403. The van der Waals surface area contributed by atoms with Crippen molar-refractivity contribution in [1.82, 2.24) is 20.1 Å². The summed E-state index contributed by atoms with van der Waals surface area (Å²) in [6.45, 7) is 1.48. The highest BCUT2D eigenvalue weighted by Crippen LogP contribution is 2.18. The Bertz CT molecular complexity index is 871. The quantitative estimate of drug-likeness (QED) is 0.495. The zero-order valence-electron chi connectivity index (χ0n) is 15.5. The maximum Gasteiger partial charge on any atom is 0.344 e. The largest absolute Gasteiger partial charge is 0.465 e. The van der Waals surface area contributed by atoms with E-state index in [1.54, 1.807) is 24.3 Å². The number of esters is 1. The van der Waals surface area contributed by atoms with Crippen LogP contribution < -0.4 is 11.0 Å². The second-order valence-electron chi connectivity index (χ2n) is 6.31. The Morgan fingerprint density at radius 1 is 1.39 bits per heavy atom. The lowest BCUT2D eigenvalue weighted by Gasteiger charge is -2.11. The van der Waals surface area contributed by atoms with Gasteiger partial charge in [0.2, 0.25) is 5.91 Å². The Labute approximate surface area is 165 Å². The molecule has 1 saturated heterocycles. The Kier molecular flexibility index (Phi) is 6.88. The summed E-state index contributed by atoms with van der Waals surface area (Å²) >= 11 is 1.20. The molecule has 0 unspecified atom stereocenters. The van der Waals surface area contributed by atoms with E-state index in [9.17, 15) is 14.4 Å². The molecule has 1 aromatic heterocycles. The highest BCUT2D eigenvalue weighted by atomic mass is 32.2. The van der Waals surface area contributed by atoms with Crippen molar-refractivity contribution in [3.63, 3.8) is 0 Å². The lowest BCUT2D eigenvalue weighted by Crippen LogP contribution is -2.26. The van der Waals surface area contributed by atoms with Gasteiger partial charge < -0.3 is 14.8 Å². The third-order valence-electron chi connectivity index (χ3n) is 4.33. The van der Waals surface area contributed by atoms with Crippen LogP contribution in [-0.4, -0.2) is 52.2 Å². The van der Waals surface area contributed by atoms with Gasteiger partial charge in [0.15, 0.2) is 5.16 Å². The molecule has 0 bridgehead atoms. The van der Waals surface area contributed by atoms with Crippen LogP contribution >= 0.6 is 11.8 Å². The number of nitrogens with zero attached hydrogens (tertiary/aromatic N) is 2. The number of H-pyrrole nitrogens is 1. The predicted octanol–water partition coefficient (Wildman–Crippen LogP) is 0.945. The van der Waals surface area contributed by atoms with E-state index in [1.165, 1.54) is 23.4 Å². The molecular formula is C18H22N4O5S. The summed E-state index contributed by atoms with van der Waals surface area (Å²) in [5, 5.41) is 9.69. The predicted molar refractivity (Wildman–Crippen MR) is 102 cm³/mol. The van der Waals surface area contributed by atoms with Gasteiger partial charge in [-0.1, -0.05) is 23.9 Å². The van der Waals surface area contributed by atoms with Gasteiger partial charge in [-0.05, 0) is 30.5 Å². The Hall–Kier alpha value is -2.59. The average Bonchev–Trinajstić information content (AvgIpc) is 3.35. The number of carbonyl (C=O) groups excluding carboxylic acids is 2. The number of rotatable bonds is 8. The number of carbonyl (C=O) groups is 2. The first-order valence-corrected chi connectivity index (χ1v) is 9.89. The summed E-state index contributed by atoms with van der Waals surface area (Å²) in [6.07, 6.45) is 1.91. The zero-order chi connectivity index (χ0) is 19.9. The minimum Gasteiger partial charge on any atom is -0.465 e. The molecule has 3 rings (SSSR count). The number of aromatic nitrogens is 3. The molecule has 9 nitrogen and oxygen atoms in total. The van der Waals surface area contributed by atoms with E-state index in [1.807, 2.05) is 0 Å². The second-order valence-corrected chi connectivity index (χ2v) is 7.25. The van der Waals surface area contributed by atoms with Crippen molar-refractivity contribution >= 4 is 23.6 Å². The van der Waals surface area contributed by atoms with Crippen molar-refractivity contribution in [3.05, 3.63) is 45.9 Å². The fourth-order valence-electron chi connectivity index (χ4n) is 2.82. The number of methoxy groups -OCH3 is 1. The first-order chi connectivity index (χ1) is 13.6. The van der Waals surface area contributed by atoms with Crippen LogP contribution in [0, 0.1) is 0 Å². The van der Waals surface area contributed by atoms with Crippen LogP contribution in [0.1, 0.15) is 28.8 Å². The normalized spacial score (nSPS) is 16.1. The van der Waals surface area contributed by atoms with E-state index < -0.39 is 5.97 Å². The van der Waals surface area contributed by atoms with E-state index in [4.69, 9.17) is 4.74 Å². The Morgan fingerprint density at radius 3 is 2.86 bits per heavy atom. The highest BCUT2D eigenvalue weighted by Gasteiger charge is 2.20. The van der Waals surface area contributed by atoms with Gasteiger partial charge in [-0.25, -0.2) is 14.7 Å². The van der Waals surface area contributed by atoms with E-state index in [0.717, 1.165) is 18.4 Å². The molecule has 28 heavy (non-hydrogen) atoms. The number of amides is 1.